The molecule has 0 aliphatic heterocycles. The largest absolute Gasteiger partial charge is 0.454 e. The predicted octanol–water partition coefficient (Wildman–Crippen LogP) is 5.45. The molecular weight excluding hydrogens is 298 g/mol. The fourth-order valence-corrected chi connectivity index (χ4v) is 2.84. The number of benzene rings is 2. The summed E-state index contributed by atoms with van der Waals surface area (Å²) >= 11 is 0. The van der Waals surface area contributed by atoms with Crippen molar-refractivity contribution in [3.63, 3.8) is 0 Å². The Morgan fingerprint density at radius 2 is 1.79 bits per heavy atom. The lowest BCUT2D eigenvalue weighted by Gasteiger charge is -2.10. The molecule has 0 unspecified atom stereocenters. The highest BCUT2D eigenvalue weighted by molar-refractivity contribution is 5.89. The van der Waals surface area contributed by atoms with Crippen molar-refractivity contribution >= 4 is 16.7 Å². The smallest absolute Gasteiger partial charge is 0.193 e. The topological polar surface area (TPSA) is 42.2 Å². The summed E-state index contributed by atoms with van der Waals surface area (Å²) in [6.07, 6.45) is 4.81. The lowest BCUT2D eigenvalue weighted by Crippen LogP contribution is -2.05. The first-order chi connectivity index (χ1) is 11.8. The molecule has 0 atom stereocenters. The minimum atomic E-state index is -0.00950. The fourth-order valence-electron chi connectivity index (χ4n) is 2.84. The number of rotatable bonds is 7. The molecule has 1 aromatic heterocycles. The van der Waals surface area contributed by atoms with E-state index in [0.717, 1.165) is 24.2 Å². The van der Waals surface area contributed by atoms with Crippen molar-refractivity contribution in [3.05, 3.63) is 64.8 Å². The van der Waals surface area contributed by atoms with Gasteiger partial charge in [0.05, 0.1) is 11.1 Å². The summed E-state index contributed by atoms with van der Waals surface area (Å²) in [6, 6.07) is 17.0. The van der Waals surface area contributed by atoms with Crippen LogP contribution in [0.25, 0.3) is 22.3 Å². The number of hydrogen-bond acceptors (Lipinski definition) is 3. The first kappa shape index (κ1) is 16.3. The molecule has 0 saturated carbocycles. The van der Waals surface area contributed by atoms with E-state index in [4.69, 9.17) is 4.42 Å². The Labute approximate surface area is 142 Å². The first-order valence-corrected chi connectivity index (χ1v) is 8.66. The van der Waals surface area contributed by atoms with Crippen molar-refractivity contribution in [2.75, 3.05) is 11.9 Å². The number of fused-ring (bicyclic) bond motifs is 1. The summed E-state index contributed by atoms with van der Waals surface area (Å²) in [4.78, 5) is 12.5. The molecule has 0 fully saturated rings. The Kier molecular flexibility index (Phi) is 5.32. The average molecular weight is 321 g/mol. The Balaban J connectivity index is 1.92. The zero-order chi connectivity index (χ0) is 16.8. The lowest BCUT2D eigenvalue weighted by atomic mass is 10.1. The predicted molar refractivity (Wildman–Crippen MR) is 101 cm³/mol. The van der Waals surface area contributed by atoms with Crippen LogP contribution in [0.4, 0.5) is 5.69 Å². The number of nitrogens with one attached hydrogen (secondary N) is 1. The van der Waals surface area contributed by atoms with Crippen LogP contribution in [-0.2, 0) is 0 Å². The van der Waals surface area contributed by atoms with E-state index >= 15 is 0 Å². The van der Waals surface area contributed by atoms with Crippen LogP contribution >= 0.6 is 0 Å². The SMILES string of the molecule is CCCCCCNc1cccc2c(=O)cc(-c3ccccc3)oc12. The zero-order valence-corrected chi connectivity index (χ0v) is 14.0. The van der Waals surface area contributed by atoms with E-state index in [1.165, 1.54) is 19.3 Å². The average Bonchev–Trinajstić information content (AvgIpc) is 2.62. The Hall–Kier alpha value is -2.55. The van der Waals surface area contributed by atoms with Gasteiger partial charge in [-0.15, -0.1) is 0 Å². The second-order valence-corrected chi connectivity index (χ2v) is 6.01. The van der Waals surface area contributed by atoms with Crippen molar-refractivity contribution < 1.29 is 4.42 Å². The van der Waals surface area contributed by atoms with Gasteiger partial charge < -0.3 is 9.73 Å². The highest BCUT2D eigenvalue weighted by Gasteiger charge is 2.10. The molecular formula is C21H23NO2. The summed E-state index contributed by atoms with van der Waals surface area (Å²) in [5.41, 5.74) is 2.43. The van der Waals surface area contributed by atoms with Gasteiger partial charge in [-0.2, -0.15) is 0 Å². The van der Waals surface area contributed by atoms with Gasteiger partial charge in [0.25, 0.3) is 0 Å². The molecule has 3 heteroatoms. The van der Waals surface area contributed by atoms with E-state index in [1.54, 1.807) is 6.07 Å². The Bertz CT molecular complexity index is 853. The minimum Gasteiger partial charge on any atom is -0.454 e. The van der Waals surface area contributed by atoms with E-state index in [9.17, 15) is 4.79 Å². The van der Waals surface area contributed by atoms with Crippen molar-refractivity contribution in [1.82, 2.24) is 0 Å². The quantitative estimate of drug-likeness (QED) is 0.588. The van der Waals surface area contributed by atoms with Gasteiger partial charge >= 0.3 is 0 Å². The van der Waals surface area contributed by atoms with Crippen LogP contribution in [0.1, 0.15) is 32.6 Å². The highest BCUT2D eigenvalue weighted by atomic mass is 16.3. The molecule has 0 bridgehead atoms. The molecule has 1 heterocycles. The molecule has 3 rings (SSSR count). The number of para-hydroxylation sites is 1. The molecule has 0 radical (unpaired) electrons. The van der Waals surface area contributed by atoms with Crippen molar-refractivity contribution in [3.8, 4) is 11.3 Å². The number of hydrogen-bond donors (Lipinski definition) is 1. The lowest BCUT2D eigenvalue weighted by molar-refractivity contribution is 0.619. The van der Waals surface area contributed by atoms with Crippen LogP contribution < -0.4 is 10.7 Å². The molecule has 3 aromatic rings. The second-order valence-electron chi connectivity index (χ2n) is 6.01. The van der Waals surface area contributed by atoms with Crippen molar-refractivity contribution in [2.45, 2.75) is 32.6 Å². The van der Waals surface area contributed by atoms with E-state index < -0.39 is 0 Å². The van der Waals surface area contributed by atoms with Gasteiger partial charge in [-0.3, -0.25) is 4.79 Å². The van der Waals surface area contributed by atoms with Gasteiger partial charge in [-0.25, -0.2) is 0 Å². The summed E-state index contributed by atoms with van der Waals surface area (Å²) in [5.74, 6) is 0.605. The number of anilines is 1. The van der Waals surface area contributed by atoms with E-state index in [-0.39, 0.29) is 5.43 Å². The third-order valence-electron chi connectivity index (χ3n) is 4.16. The molecule has 24 heavy (non-hydrogen) atoms. The van der Waals surface area contributed by atoms with Crippen LogP contribution in [0.3, 0.4) is 0 Å². The summed E-state index contributed by atoms with van der Waals surface area (Å²) in [5, 5.41) is 4.04. The van der Waals surface area contributed by atoms with Crippen molar-refractivity contribution in [2.24, 2.45) is 0 Å². The molecule has 0 aliphatic carbocycles. The Morgan fingerprint density at radius 3 is 2.58 bits per heavy atom. The van der Waals surface area contributed by atoms with Crippen LogP contribution in [0.15, 0.2) is 63.8 Å². The van der Waals surface area contributed by atoms with Gasteiger partial charge in [0.1, 0.15) is 5.76 Å². The maximum atomic E-state index is 12.5. The molecule has 0 spiro atoms. The van der Waals surface area contributed by atoms with Gasteiger partial charge in [0.2, 0.25) is 0 Å². The molecule has 0 aliphatic rings. The normalized spacial score (nSPS) is 10.9. The maximum Gasteiger partial charge on any atom is 0.193 e. The monoisotopic (exact) mass is 321 g/mol. The van der Waals surface area contributed by atoms with Gasteiger partial charge in [0, 0.05) is 18.2 Å². The maximum absolute atomic E-state index is 12.5. The van der Waals surface area contributed by atoms with E-state index in [1.807, 2.05) is 48.5 Å². The van der Waals surface area contributed by atoms with E-state index in [2.05, 4.69) is 12.2 Å². The zero-order valence-electron chi connectivity index (χ0n) is 14.0. The van der Waals surface area contributed by atoms with Gasteiger partial charge in [-0.1, -0.05) is 62.6 Å². The Morgan fingerprint density at radius 1 is 0.958 bits per heavy atom. The highest BCUT2D eigenvalue weighted by Crippen LogP contribution is 2.26. The molecule has 124 valence electrons. The molecule has 3 nitrogen and oxygen atoms in total. The van der Waals surface area contributed by atoms with Crippen LogP contribution in [-0.4, -0.2) is 6.54 Å². The van der Waals surface area contributed by atoms with Gasteiger partial charge in [-0.05, 0) is 18.6 Å². The molecule has 0 amide bonds. The standard InChI is InChI=1S/C21H23NO2/c1-2-3-4-8-14-22-18-13-9-12-17-19(23)15-20(24-21(17)18)16-10-6-5-7-11-16/h5-7,9-13,15,22H,2-4,8,14H2,1H3. The van der Waals surface area contributed by atoms with Crippen LogP contribution in [0, 0.1) is 0 Å². The summed E-state index contributed by atoms with van der Waals surface area (Å²) < 4.78 is 6.08. The molecule has 2 aromatic carbocycles. The van der Waals surface area contributed by atoms with Crippen molar-refractivity contribution in [1.29, 1.82) is 0 Å². The number of unbranched alkanes of at least 4 members (excludes halogenated alkanes) is 3. The molecule has 0 saturated heterocycles. The van der Waals surface area contributed by atoms with Crippen LogP contribution in [0.5, 0.6) is 0 Å². The fraction of sp³-hybridized carbons (Fsp3) is 0.286. The van der Waals surface area contributed by atoms with Crippen LogP contribution in [0.2, 0.25) is 0 Å². The van der Waals surface area contributed by atoms with Gasteiger partial charge in [0.15, 0.2) is 11.0 Å². The third-order valence-corrected chi connectivity index (χ3v) is 4.16. The van der Waals surface area contributed by atoms with E-state index in [0.29, 0.717) is 16.7 Å². The summed E-state index contributed by atoms with van der Waals surface area (Å²) in [6.45, 7) is 3.09. The minimum absolute atomic E-state index is 0.00950. The third kappa shape index (κ3) is 3.67. The molecule has 1 N–H and O–H groups in total. The second kappa shape index (κ2) is 7.82. The first-order valence-electron chi connectivity index (χ1n) is 8.66. The summed E-state index contributed by atoms with van der Waals surface area (Å²) in [7, 11) is 0.